The minimum atomic E-state index is -1.46. The first-order valence-electron chi connectivity index (χ1n) is 14.9. The van der Waals surface area contributed by atoms with E-state index in [2.05, 4.69) is 26.6 Å². The number of nitrogens with two attached hydrogens (primary N) is 1. The maximum atomic E-state index is 13.7. The van der Waals surface area contributed by atoms with Gasteiger partial charge in [-0.3, -0.25) is 28.8 Å². The van der Waals surface area contributed by atoms with Crippen LogP contribution in [0.1, 0.15) is 64.2 Å². The van der Waals surface area contributed by atoms with Gasteiger partial charge in [-0.05, 0) is 58.1 Å². The number of carbonyl (C=O) groups is 7. The number of hydrogen-bond donors (Lipinski definition) is 7. The van der Waals surface area contributed by atoms with Gasteiger partial charge in [0.25, 0.3) is 5.91 Å². The number of aliphatic hydroxyl groups is 1. The molecular formula is C30H45N7O8. The standard InChI is InChI=1S/C30H45N7O8/c1-16(2)15-22(35-27(42)20-9-6-7-10-21(20)31)30(45)37-13-8-11-23(37)28(43)33-18(4)26(41)36-24(19(5)39)29(44)34-17(3)25(40)32-12-14-38/h6-7,9-10,14,16-19,22-24,39H,8,11-13,15,31H2,1-5H3,(H,32,40)(H,33,43)(H,34,44)(H,35,42)(H,36,41)/t17-,18-,19+,22-,23-,24-/m0/s1. The molecular weight excluding hydrogens is 586 g/mol. The Bertz CT molecular complexity index is 1250. The summed E-state index contributed by atoms with van der Waals surface area (Å²) in [7, 11) is 0. The van der Waals surface area contributed by atoms with Gasteiger partial charge < -0.3 is 47.1 Å². The van der Waals surface area contributed by atoms with Crippen molar-refractivity contribution in [3.8, 4) is 0 Å². The Hall–Kier alpha value is -4.53. The molecule has 1 saturated heterocycles. The fourth-order valence-electron chi connectivity index (χ4n) is 4.86. The molecule has 15 nitrogen and oxygen atoms in total. The third-order valence-corrected chi connectivity index (χ3v) is 7.28. The van der Waals surface area contributed by atoms with Crippen molar-refractivity contribution in [3.05, 3.63) is 29.8 Å². The molecule has 1 heterocycles. The van der Waals surface area contributed by atoms with Gasteiger partial charge in [-0.15, -0.1) is 0 Å². The van der Waals surface area contributed by atoms with Gasteiger partial charge in [0.1, 0.15) is 36.5 Å². The highest BCUT2D eigenvalue weighted by Crippen LogP contribution is 2.21. The first kappa shape index (κ1) is 36.7. The molecule has 0 aliphatic carbocycles. The van der Waals surface area contributed by atoms with Crippen LogP contribution in [0.3, 0.4) is 0 Å². The second kappa shape index (κ2) is 17.1. The molecule has 2 rings (SSSR count). The van der Waals surface area contributed by atoms with Crippen molar-refractivity contribution in [1.29, 1.82) is 0 Å². The molecule has 1 aromatic rings. The number of anilines is 1. The first-order chi connectivity index (χ1) is 21.2. The van der Waals surface area contributed by atoms with Crippen molar-refractivity contribution < 1.29 is 38.7 Å². The number of amides is 6. The molecule has 0 bridgehead atoms. The summed E-state index contributed by atoms with van der Waals surface area (Å²) in [5.74, 6) is -3.77. The molecule has 1 fully saturated rings. The van der Waals surface area contributed by atoms with E-state index in [4.69, 9.17) is 5.73 Å². The van der Waals surface area contributed by atoms with Crippen LogP contribution in [0.4, 0.5) is 5.69 Å². The number of hydrogen-bond acceptors (Lipinski definition) is 9. The molecule has 0 saturated carbocycles. The van der Waals surface area contributed by atoms with Crippen molar-refractivity contribution in [3.63, 3.8) is 0 Å². The normalized spacial score (nSPS) is 17.7. The number of nitrogen functional groups attached to an aromatic ring is 1. The summed E-state index contributed by atoms with van der Waals surface area (Å²) in [4.78, 5) is 89.4. The molecule has 6 amide bonds. The summed E-state index contributed by atoms with van der Waals surface area (Å²) in [5, 5.41) is 22.5. The minimum absolute atomic E-state index is 0.0405. The van der Waals surface area contributed by atoms with Crippen LogP contribution in [0.5, 0.6) is 0 Å². The van der Waals surface area contributed by atoms with Crippen molar-refractivity contribution in [2.75, 3.05) is 18.8 Å². The molecule has 1 aliphatic heterocycles. The van der Waals surface area contributed by atoms with Gasteiger partial charge in [0.2, 0.25) is 29.5 Å². The summed E-state index contributed by atoms with van der Waals surface area (Å²) in [6.07, 6.45) is 0.307. The predicted octanol–water partition coefficient (Wildman–Crippen LogP) is -1.41. The number of aliphatic hydroxyl groups excluding tert-OH is 1. The largest absolute Gasteiger partial charge is 0.398 e. The number of carbonyl (C=O) groups excluding carboxylic acids is 7. The van der Waals surface area contributed by atoms with Crippen LogP contribution < -0.4 is 32.3 Å². The van der Waals surface area contributed by atoms with Gasteiger partial charge in [-0.1, -0.05) is 26.0 Å². The van der Waals surface area contributed by atoms with Gasteiger partial charge in [-0.25, -0.2) is 0 Å². The van der Waals surface area contributed by atoms with Gasteiger partial charge in [0, 0.05) is 12.2 Å². The van der Waals surface area contributed by atoms with E-state index in [0.29, 0.717) is 25.5 Å². The van der Waals surface area contributed by atoms with Crippen molar-refractivity contribution in [2.45, 2.75) is 90.2 Å². The Morgan fingerprint density at radius 2 is 1.58 bits per heavy atom. The summed E-state index contributed by atoms with van der Waals surface area (Å²) >= 11 is 0. The Balaban J connectivity index is 2.07. The molecule has 248 valence electrons. The van der Waals surface area contributed by atoms with Gasteiger partial charge in [-0.2, -0.15) is 0 Å². The van der Waals surface area contributed by atoms with Crippen LogP contribution in [-0.2, 0) is 28.8 Å². The highest BCUT2D eigenvalue weighted by molar-refractivity contribution is 6.02. The van der Waals surface area contributed by atoms with Gasteiger partial charge in [0.05, 0.1) is 18.2 Å². The highest BCUT2D eigenvalue weighted by Gasteiger charge is 2.39. The molecule has 0 unspecified atom stereocenters. The van der Waals surface area contributed by atoms with Crippen molar-refractivity contribution in [1.82, 2.24) is 31.5 Å². The van der Waals surface area contributed by atoms with E-state index < -0.39 is 71.8 Å². The fraction of sp³-hybridized carbons (Fsp3) is 0.567. The lowest BCUT2D eigenvalue weighted by atomic mass is 10.0. The van der Waals surface area contributed by atoms with E-state index in [-0.39, 0.29) is 30.3 Å². The second-order valence-corrected chi connectivity index (χ2v) is 11.5. The lowest BCUT2D eigenvalue weighted by Gasteiger charge is -2.30. The van der Waals surface area contributed by atoms with Crippen LogP contribution in [-0.4, -0.2) is 101 Å². The maximum absolute atomic E-state index is 13.7. The van der Waals surface area contributed by atoms with E-state index in [1.54, 1.807) is 24.3 Å². The van der Waals surface area contributed by atoms with Gasteiger partial charge >= 0.3 is 0 Å². The van der Waals surface area contributed by atoms with Crippen LogP contribution in [0, 0.1) is 5.92 Å². The SMILES string of the molecule is CC(C)C[C@H](NC(=O)c1ccccc1N)C(=O)N1CCC[C@H]1C(=O)N[C@@H](C)C(=O)N[C@H](C(=O)N[C@@H](C)C(=O)NCC=O)[C@@H](C)O. The summed E-state index contributed by atoms with van der Waals surface area (Å²) < 4.78 is 0. The average molecular weight is 632 g/mol. The lowest BCUT2D eigenvalue weighted by molar-refractivity contribution is -0.141. The molecule has 1 aliphatic rings. The zero-order valence-electron chi connectivity index (χ0n) is 26.3. The summed E-state index contributed by atoms with van der Waals surface area (Å²) in [5.41, 5.74) is 6.43. The number of nitrogens with one attached hydrogen (secondary N) is 5. The van der Waals surface area contributed by atoms with Crippen molar-refractivity contribution >= 4 is 47.4 Å². The number of para-hydroxylation sites is 1. The Kier molecular flexibility index (Phi) is 13.9. The van der Waals surface area contributed by atoms with Crippen molar-refractivity contribution in [2.24, 2.45) is 5.92 Å². The average Bonchev–Trinajstić information content (AvgIpc) is 3.47. The zero-order chi connectivity index (χ0) is 33.8. The molecule has 6 atom stereocenters. The fourth-order valence-corrected chi connectivity index (χ4v) is 4.86. The summed E-state index contributed by atoms with van der Waals surface area (Å²) in [6.45, 7) is 7.86. The molecule has 15 heteroatoms. The molecule has 0 aromatic heterocycles. The van der Waals surface area contributed by atoms with E-state index in [1.165, 1.54) is 25.7 Å². The van der Waals surface area contributed by atoms with E-state index in [1.807, 2.05) is 13.8 Å². The second-order valence-electron chi connectivity index (χ2n) is 11.5. The molecule has 0 spiro atoms. The Labute approximate surface area is 262 Å². The molecule has 1 aromatic carbocycles. The third kappa shape index (κ3) is 10.6. The number of nitrogens with zero attached hydrogens (tertiary/aromatic N) is 1. The number of benzene rings is 1. The number of aldehydes is 1. The summed E-state index contributed by atoms with van der Waals surface area (Å²) in [6, 6.07) is 0.993. The highest BCUT2D eigenvalue weighted by atomic mass is 16.3. The predicted molar refractivity (Wildman–Crippen MR) is 164 cm³/mol. The molecule has 45 heavy (non-hydrogen) atoms. The van der Waals surface area contributed by atoms with E-state index in [9.17, 15) is 38.7 Å². The molecule has 0 radical (unpaired) electrons. The zero-order valence-corrected chi connectivity index (χ0v) is 26.3. The minimum Gasteiger partial charge on any atom is -0.398 e. The Morgan fingerprint density at radius 1 is 0.933 bits per heavy atom. The van der Waals surface area contributed by atoms with E-state index >= 15 is 0 Å². The monoisotopic (exact) mass is 631 g/mol. The third-order valence-electron chi connectivity index (χ3n) is 7.28. The lowest BCUT2D eigenvalue weighted by Crippen LogP contribution is -2.60. The topological polar surface area (TPSA) is 229 Å². The first-order valence-corrected chi connectivity index (χ1v) is 14.9. The smallest absolute Gasteiger partial charge is 0.254 e. The number of likely N-dealkylation sites (tertiary alicyclic amines) is 1. The maximum Gasteiger partial charge on any atom is 0.254 e. The van der Waals surface area contributed by atoms with Crippen LogP contribution in [0.25, 0.3) is 0 Å². The number of rotatable bonds is 15. The quantitative estimate of drug-likeness (QED) is 0.0890. The van der Waals surface area contributed by atoms with E-state index in [0.717, 1.165) is 0 Å². The Morgan fingerprint density at radius 3 is 2.18 bits per heavy atom. The van der Waals surface area contributed by atoms with Crippen LogP contribution in [0.15, 0.2) is 24.3 Å². The van der Waals surface area contributed by atoms with Crippen LogP contribution >= 0.6 is 0 Å². The van der Waals surface area contributed by atoms with Gasteiger partial charge in [0.15, 0.2) is 0 Å². The molecule has 8 N–H and O–H groups in total. The van der Waals surface area contributed by atoms with Crippen LogP contribution in [0.2, 0.25) is 0 Å².